The monoisotopic (exact) mass is 1730 g/mol. The molecule has 1 aromatic heterocycles. The number of carbonyl (C=O) groups excluding carboxylic acids is 1. The number of nitrogens with zero attached hydrogens (tertiary/aromatic N) is 3. The van der Waals surface area contributed by atoms with E-state index in [1.54, 1.807) is 107 Å². The van der Waals surface area contributed by atoms with E-state index in [9.17, 15) is 30.0 Å². The summed E-state index contributed by atoms with van der Waals surface area (Å²) >= 11 is 0. The van der Waals surface area contributed by atoms with Gasteiger partial charge in [0, 0.05) is 51.5 Å². The molecule has 0 amide bonds. The number of aryl methyl sites for hydroxylation is 10. The van der Waals surface area contributed by atoms with Crippen LogP contribution in [0, 0.1) is 55.4 Å². The van der Waals surface area contributed by atoms with Gasteiger partial charge in [0.15, 0.2) is 29.5 Å². The van der Waals surface area contributed by atoms with E-state index in [0.717, 1.165) is 80.0 Å². The summed E-state index contributed by atoms with van der Waals surface area (Å²) in [6, 6.07) is 71.6. The van der Waals surface area contributed by atoms with Crippen LogP contribution >= 0.6 is 0 Å². The quantitative estimate of drug-likeness (QED) is 0.0274. The summed E-state index contributed by atoms with van der Waals surface area (Å²) in [6.07, 6.45) is 5.08. The molecule has 0 unspecified atom stereocenters. The van der Waals surface area contributed by atoms with Crippen LogP contribution in [-0.4, -0.2) is 94.8 Å². The average Bonchev–Trinajstić information content (AvgIpc) is 1.02. The van der Waals surface area contributed by atoms with Crippen LogP contribution in [0.3, 0.4) is 0 Å². The Morgan fingerprint density at radius 1 is 0.342 bits per heavy atom. The average molecular weight is 1730 g/mol. The summed E-state index contributed by atoms with van der Waals surface area (Å²) < 4.78 is 183. The fourth-order valence-electron chi connectivity index (χ4n) is 15.7. The first-order valence-electron chi connectivity index (χ1n) is 39.4. The van der Waals surface area contributed by atoms with E-state index in [4.69, 9.17) is 9.15 Å². The zero-order valence-electron chi connectivity index (χ0n) is 69.8. The molecule has 0 saturated carbocycles. The highest BCUT2D eigenvalue weighted by Gasteiger charge is 2.35. The summed E-state index contributed by atoms with van der Waals surface area (Å²) in [7, 11) is -23.1. The van der Waals surface area contributed by atoms with Crippen molar-refractivity contribution < 1.29 is 64.5 Å². The number of hydrogen-bond acceptors (Lipinski definition) is 15. The molecule has 0 bridgehead atoms. The number of sulfonamides is 3. The number of ether oxygens (including phenoxy) is 1. The van der Waals surface area contributed by atoms with Crippen molar-refractivity contribution in [3.8, 4) is 33.4 Å². The topological polar surface area (TPSA) is 254 Å². The molecule has 0 radical (unpaired) electrons. The van der Waals surface area contributed by atoms with Gasteiger partial charge in [0.1, 0.15) is 5.76 Å². The van der Waals surface area contributed by atoms with Gasteiger partial charge >= 0.3 is 5.97 Å². The first kappa shape index (κ1) is 89.0. The predicted molar refractivity (Wildman–Crippen MR) is 473 cm³/mol. The molecule has 120 heavy (non-hydrogen) atoms. The highest BCUT2D eigenvalue weighted by atomic mass is 32.2. The van der Waals surface area contributed by atoms with E-state index in [1.165, 1.54) is 25.0 Å². The number of rotatable bonds is 33. The van der Waals surface area contributed by atoms with Crippen molar-refractivity contribution >= 4 is 65.6 Å². The molecule has 0 N–H and O–H groups in total. The van der Waals surface area contributed by atoms with Crippen LogP contribution in [0.1, 0.15) is 132 Å². The van der Waals surface area contributed by atoms with Gasteiger partial charge < -0.3 is 9.15 Å². The fraction of sp³-hybridized carbons (Fsp3) is 0.260. The van der Waals surface area contributed by atoms with Gasteiger partial charge in [-0.25, -0.2) is 55.3 Å². The summed E-state index contributed by atoms with van der Waals surface area (Å²) in [5, 5.41) is 0. The van der Waals surface area contributed by atoms with Gasteiger partial charge in [-0.3, -0.25) is 0 Å². The Balaban J connectivity index is 0.752. The largest absolute Gasteiger partial charge is 0.460 e. The SMILES string of the molecule is Cc1cc(C)c(S(=O)(=O)N(Cc2ccc(-c3cccc(S(C)(=O)=O)c3)cc2)Cc2ccc(C(C)(C)CCc3cc(C)cc(C)c3S(=O)(=O)N(Cc3ccc(-c4cccc(S(C)(=O)=O)c4)cc3)Cc3ccc(C(=O)OCCCc4cc(C)c(S(=O)(=O)N(Cc5ccc(-c6cccc(S(C)(=O)=O)c6)cc5)Cc5ccccc5C)c(C)c4)o3)cc2)c(C)c1. The Morgan fingerprint density at radius 2 is 0.717 bits per heavy atom. The molecule has 12 aromatic rings. The predicted octanol–water partition coefficient (Wildman–Crippen LogP) is 18.8. The third-order valence-electron chi connectivity index (χ3n) is 21.9. The zero-order valence-corrected chi connectivity index (χ0v) is 74.7. The lowest BCUT2D eigenvalue weighted by molar-refractivity contribution is 0.0461. The first-order valence-corrected chi connectivity index (χ1v) is 49.4. The van der Waals surface area contributed by atoms with Crippen LogP contribution in [0.5, 0.6) is 0 Å². The smallest absolute Gasteiger partial charge is 0.374 e. The summed E-state index contributed by atoms with van der Waals surface area (Å²) in [5.41, 5.74) is 15.4. The molecule has 11 aromatic carbocycles. The molecule has 626 valence electrons. The molecule has 24 heteroatoms. The Kier molecular flexibility index (Phi) is 26.9. The Hall–Kier alpha value is -10.3. The van der Waals surface area contributed by atoms with Crippen molar-refractivity contribution in [3.05, 3.63) is 343 Å². The summed E-state index contributed by atoms with van der Waals surface area (Å²) in [6.45, 7) is 18.7. The maximum atomic E-state index is 15.9. The van der Waals surface area contributed by atoms with Crippen LogP contribution < -0.4 is 0 Å². The number of sulfone groups is 3. The lowest BCUT2D eigenvalue weighted by Crippen LogP contribution is -2.32. The molecule has 0 aliphatic carbocycles. The molecular formula is C96H101N3O15S6. The second-order valence-corrected chi connectivity index (χ2v) is 43.9. The molecule has 0 aliphatic rings. The van der Waals surface area contributed by atoms with Crippen LogP contribution in [0.25, 0.3) is 33.4 Å². The standard InChI is InChI=1S/C96H101N3O15S6/c1-65-50-68(4)92(69(5)51-65)118(107,108)97(59-73-29-37-78(38-30-73)81-23-16-26-88(56-81)115(11,101)102)60-76-35-43-86(44-36-76)96(9,10)48-47-84-53-66(2)52-70(6)94(84)120(111,112)99(62-75-33-41-80(42-34-75)83-25-18-28-90(58-83)117(13,105)106)64-87-45-46-91(114-87)95(100)113-49-19-21-77-54-71(7)93(72(8)55-77)119(109,110)98(63-85-22-15-14-20-67(85)3)61-74-31-39-79(40-32-74)82-24-17-27-89(57-82)116(12,103)104/h14-18,20,22-46,50-58H,19,21,47-49,59-64H2,1-13H3. The van der Waals surface area contributed by atoms with Crippen molar-refractivity contribution in [1.29, 1.82) is 0 Å². The molecule has 0 spiro atoms. The van der Waals surface area contributed by atoms with E-state index in [2.05, 4.69) is 13.8 Å². The third kappa shape index (κ3) is 21.2. The van der Waals surface area contributed by atoms with Gasteiger partial charge in [0.25, 0.3) is 0 Å². The van der Waals surface area contributed by atoms with Crippen molar-refractivity contribution in [3.63, 3.8) is 0 Å². The van der Waals surface area contributed by atoms with Gasteiger partial charge in [-0.05, 0) is 246 Å². The molecule has 0 fully saturated rings. The van der Waals surface area contributed by atoms with Crippen molar-refractivity contribution in [2.24, 2.45) is 0 Å². The van der Waals surface area contributed by atoms with Crippen LogP contribution in [0.15, 0.2) is 276 Å². The molecule has 12 rings (SSSR count). The van der Waals surface area contributed by atoms with Gasteiger partial charge in [0.05, 0.1) is 42.5 Å². The Bertz CT molecular complexity index is 6540. The lowest BCUT2D eigenvalue weighted by Gasteiger charge is -2.28. The van der Waals surface area contributed by atoms with Gasteiger partial charge in [-0.1, -0.05) is 219 Å². The normalized spacial score (nSPS) is 12.6. The van der Waals surface area contributed by atoms with Crippen molar-refractivity contribution in [2.45, 2.75) is 169 Å². The Labute approximate surface area is 708 Å². The number of esters is 1. The number of furan rings is 1. The Morgan fingerprint density at radius 3 is 1.14 bits per heavy atom. The minimum atomic E-state index is -4.44. The van der Waals surface area contributed by atoms with Gasteiger partial charge in [0.2, 0.25) is 35.8 Å². The fourth-order valence-corrected chi connectivity index (χ4v) is 23.1. The minimum Gasteiger partial charge on any atom is -0.460 e. The van der Waals surface area contributed by atoms with Crippen LogP contribution in [-0.2, 0) is 122 Å². The maximum Gasteiger partial charge on any atom is 0.374 e. The highest BCUT2D eigenvalue weighted by molar-refractivity contribution is 7.91. The number of carbonyl (C=O) groups is 1. The lowest BCUT2D eigenvalue weighted by atomic mass is 9.79. The van der Waals surface area contributed by atoms with E-state index >= 15 is 25.3 Å². The highest BCUT2D eigenvalue weighted by Crippen LogP contribution is 2.38. The van der Waals surface area contributed by atoms with Gasteiger partial charge in [-0.2, -0.15) is 12.9 Å². The molecule has 0 atom stereocenters. The summed E-state index contributed by atoms with van der Waals surface area (Å²) in [4.78, 5) is 15.0. The van der Waals surface area contributed by atoms with E-state index in [0.29, 0.717) is 86.9 Å². The molecule has 18 nitrogen and oxygen atoms in total. The minimum absolute atomic E-state index is 0.0279. The molecule has 0 aliphatic heterocycles. The third-order valence-corrected chi connectivity index (χ3v) is 31.5. The first-order chi connectivity index (χ1) is 56.5. The number of hydrogen-bond donors (Lipinski definition) is 0. The molecular weight excluding hydrogens is 1630 g/mol. The number of benzene rings is 11. The zero-order chi connectivity index (χ0) is 86.6. The molecule has 0 saturated heterocycles. The van der Waals surface area contributed by atoms with Crippen molar-refractivity contribution in [2.75, 3.05) is 25.4 Å². The van der Waals surface area contributed by atoms with E-state index < -0.39 is 71.0 Å². The second-order valence-electron chi connectivity index (χ2n) is 32.2. The van der Waals surface area contributed by atoms with E-state index in [1.807, 2.05) is 178 Å². The van der Waals surface area contributed by atoms with Crippen LogP contribution in [0.2, 0.25) is 0 Å². The summed E-state index contributed by atoms with van der Waals surface area (Å²) in [5.74, 6) is -0.755. The maximum absolute atomic E-state index is 15.9. The van der Waals surface area contributed by atoms with Crippen molar-refractivity contribution in [1.82, 2.24) is 12.9 Å². The van der Waals surface area contributed by atoms with E-state index in [-0.39, 0.29) is 86.8 Å². The van der Waals surface area contributed by atoms with Crippen LogP contribution in [0.4, 0.5) is 0 Å². The van der Waals surface area contributed by atoms with Gasteiger partial charge in [-0.15, -0.1) is 0 Å². The second kappa shape index (κ2) is 36.2. The molecule has 1 heterocycles.